The van der Waals surface area contributed by atoms with Crippen LogP contribution in [0.25, 0.3) is 22.2 Å². The summed E-state index contributed by atoms with van der Waals surface area (Å²) in [6.07, 6.45) is 3.41. The van der Waals surface area contributed by atoms with E-state index in [1.807, 2.05) is 0 Å². The van der Waals surface area contributed by atoms with Gasteiger partial charge in [0.25, 0.3) is 0 Å². The number of anilines is 3. The van der Waals surface area contributed by atoms with Crippen molar-refractivity contribution in [2.24, 2.45) is 0 Å². The molecule has 1 aliphatic heterocycles. The standard InChI is InChI=1S/C29H33F2N7O4S/c1-17-15-37(2)11-12-38(17)23(16-42-3)28(39)34-22-9-5-7-18-19(13-32-27(18)22)26-20(30)14-33-29(36-26)35-21-8-6-10-24(25(21)31)43(4,40)41/h5-10,13-14,17,23,32H,11-12,15-16H2,1-4H3,(H,34,39)(H,33,35,36)/t17-,23+/m1/s1. The van der Waals surface area contributed by atoms with E-state index in [0.29, 0.717) is 22.2 Å². The van der Waals surface area contributed by atoms with Crippen LogP contribution in [-0.4, -0.2) is 97.8 Å². The number of amides is 1. The predicted molar refractivity (Wildman–Crippen MR) is 160 cm³/mol. The van der Waals surface area contributed by atoms with Gasteiger partial charge in [-0.3, -0.25) is 9.69 Å². The van der Waals surface area contributed by atoms with Crippen LogP contribution in [0.4, 0.5) is 26.1 Å². The van der Waals surface area contributed by atoms with E-state index in [-0.39, 0.29) is 35.9 Å². The SMILES string of the molecule is COC[C@@H](C(=O)Nc1cccc2c(-c3nc(Nc4cccc(S(C)(=O)=O)c4F)ncc3F)c[nH]c12)N1CCN(C)C[C@H]1C. The number of hydrogen-bond donors (Lipinski definition) is 3. The topological polar surface area (TPSA) is 133 Å². The minimum atomic E-state index is -3.82. The van der Waals surface area contributed by atoms with E-state index >= 15 is 4.39 Å². The molecule has 1 fully saturated rings. The number of hydrogen-bond acceptors (Lipinski definition) is 9. The van der Waals surface area contributed by atoms with Crippen LogP contribution in [0.5, 0.6) is 0 Å². The fourth-order valence-corrected chi connectivity index (χ4v) is 6.16. The highest BCUT2D eigenvalue weighted by atomic mass is 32.2. The van der Waals surface area contributed by atoms with Gasteiger partial charge in [0.05, 0.1) is 29.7 Å². The highest BCUT2D eigenvalue weighted by molar-refractivity contribution is 7.90. The Morgan fingerprint density at radius 1 is 1.19 bits per heavy atom. The number of carbonyl (C=O) groups is 1. The number of H-pyrrole nitrogens is 1. The molecule has 2 aromatic carbocycles. The van der Waals surface area contributed by atoms with E-state index < -0.39 is 32.4 Å². The van der Waals surface area contributed by atoms with Crippen molar-refractivity contribution in [1.82, 2.24) is 24.8 Å². The van der Waals surface area contributed by atoms with Crippen molar-refractivity contribution < 1.29 is 26.7 Å². The summed E-state index contributed by atoms with van der Waals surface area (Å²) in [6, 6.07) is 8.76. The number of methoxy groups -OCH3 is 1. The van der Waals surface area contributed by atoms with Gasteiger partial charge < -0.3 is 25.3 Å². The van der Waals surface area contributed by atoms with Gasteiger partial charge in [0.1, 0.15) is 16.6 Å². The van der Waals surface area contributed by atoms with Crippen molar-refractivity contribution in [2.75, 3.05) is 57.3 Å². The molecule has 1 aliphatic rings. The second-order valence-electron chi connectivity index (χ2n) is 10.6. The molecule has 0 unspecified atom stereocenters. The van der Waals surface area contributed by atoms with Crippen LogP contribution >= 0.6 is 0 Å². The lowest BCUT2D eigenvalue weighted by Gasteiger charge is -2.41. The molecule has 0 radical (unpaired) electrons. The van der Waals surface area contributed by atoms with Gasteiger partial charge in [-0.15, -0.1) is 0 Å². The van der Waals surface area contributed by atoms with Crippen molar-refractivity contribution in [3.05, 3.63) is 60.4 Å². The van der Waals surface area contributed by atoms with Crippen LogP contribution in [0, 0.1) is 11.6 Å². The molecule has 5 rings (SSSR count). The molecule has 228 valence electrons. The summed E-state index contributed by atoms with van der Waals surface area (Å²) < 4.78 is 59.2. The summed E-state index contributed by atoms with van der Waals surface area (Å²) in [7, 11) is -0.200. The average Bonchev–Trinajstić information content (AvgIpc) is 3.38. The van der Waals surface area contributed by atoms with E-state index in [1.165, 1.54) is 12.1 Å². The lowest BCUT2D eigenvalue weighted by Crippen LogP contribution is -2.58. The third-order valence-corrected chi connectivity index (χ3v) is 8.61. The number of nitrogens with zero attached hydrogens (tertiary/aromatic N) is 4. The lowest BCUT2D eigenvalue weighted by molar-refractivity contribution is -0.125. The van der Waals surface area contributed by atoms with Gasteiger partial charge in [-0.25, -0.2) is 27.2 Å². The lowest BCUT2D eigenvalue weighted by atomic mass is 10.1. The van der Waals surface area contributed by atoms with Gasteiger partial charge in [0.15, 0.2) is 21.5 Å². The van der Waals surface area contributed by atoms with Crippen molar-refractivity contribution in [3.63, 3.8) is 0 Å². The molecule has 1 amide bonds. The van der Waals surface area contributed by atoms with Gasteiger partial charge in [0.2, 0.25) is 11.9 Å². The minimum Gasteiger partial charge on any atom is -0.383 e. The van der Waals surface area contributed by atoms with E-state index in [9.17, 15) is 17.6 Å². The number of rotatable bonds is 9. The first-order chi connectivity index (χ1) is 20.5. The van der Waals surface area contributed by atoms with Crippen molar-refractivity contribution in [1.29, 1.82) is 0 Å². The molecule has 0 spiro atoms. The number of para-hydroxylation sites is 1. The maximum absolute atomic E-state index is 15.1. The largest absolute Gasteiger partial charge is 0.383 e. The molecule has 0 aliphatic carbocycles. The van der Waals surface area contributed by atoms with Crippen LogP contribution in [-0.2, 0) is 19.4 Å². The fourth-order valence-electron chi connectivity index (χ4n) is 5.40. The molecule has 3 heterocycles. The maximum Gasteiger partial charge on any atom is 0.244 e. The molecular weight excluding hydrogens is 580 g/mol. The van der Waals surface area contributed by atoms with Crippen LogP contribution < -0.4 is 10.6 Å². The normalized spacial score (nSPS) is 17.2. The van der Waals surface area contributed by atoms with E-state index in [0.717, 1.165) is 38.2 Å². The number of piperazine rings is 1. The Bertz CT molecular complexity index is 1770. The van der Waals surface area contributed by atoms with Crippen LogP contribution in [0.15, 0.2) is 53.7 Å². The number of carbonyl (C=O) groups excluding carboxylic acids is 1. The Hall–Kier alpha value is -3.98. The van der Waals surface area contributed by atoms with Crippen molar-refractivity contribution in [3.8, 4) is 11.3 Å². The van der Waals surface area contributed by atoms with E-state index in [1.54, 1.807) is 31.5 Å². The molecule has 2 atom stereocenters. The summed E-state index contributed by atoms with van der Waals surface area (Å²) in [4.78, 5) is 28.7. The zero-order valence-electron chi connectivity index (χ0n) is 24.2. The molecule has 1 saturated heterocycles. The number of benzene rings is 2. The first-order valence-corrected chi connectivity index (χ1v) is 15.5. The minimum absolute atomic E-state index is 0.0737. The van der Waals surface area contributed by atoms with Crippen molar-refractivity contribution >= 4 is 44.0 Å². The number of nitrogens with one attached hydrogen (secondary N) is 3. The van der Waals surface area contributed by atoms with E-state index in [2.05, 4.69) is 49.4 Å². The second-order valence-corrected chi connectivity index (χ2v) is 12.6. The summed E-state index contributed by atoms with van der Waals surface area (Å²) in [5.41, 5.74) is 1.21. The second kappa shape index (κ2) is 12.3. The Morgan fingerprint density at radius 3 is 2.65 bits per heavy atom. The molecule has 2 aromatic heterocycles. The number of sulfone groups is 1. The molecule has 14 heteroatoms. The smallest absolute Gasteiger partial charge is 0.244 e. The zero-order chi connectivity index (χ0) is 30.9. The highest BCUT2D eigenvalue weighted by Crippen LogP contribution is 2.34. The summed E-state index contributed by atoms with van der Waals surface area (Å²) in [5.74, 6) is -2.08. The maximum atomic E-state index is 15.1. The zero-order valence-corrected chi connectivity index (χ0v) is 25.0. The summed E-state index contributed by atoms with van der Waals surface area (Å²) in [5, 5.41) is 6.24. The Labute approximate surface area is 248 Å². The highest BCUT2D eigenvalue weighted by Gasteiger charge is 2.33. The first kappa shape index (κ1) is 30.5. The number of halogens is 2. The monoisotopic (exact) mass is 613 g/mol. The van der Waals surface area contributed by atoms with Gasteiger partial charge in [-0.1, -0.05) is 18.2 Å². The molecule has 0 bridgehead atoms. The van der Waals surface area contributed by atoms with Gasteiger partial charge in [-0.05, 0) is 32.2 Å². The number of fused-ring (bicyclic) bond motifs is 1. The number of ether oxygens (including phenoxy) is 1. The Kier molecular flexibility index (Phi) is 8.74. The first-order valence-electron chi connectivity index (χ1n) is 13.6. The third-order valence-electron chi connectivity index (χ3n) is 7.49. The molecule has 0 saturated carbocycles. The molecular formula is C29H33F2N7O4S. The molecule has 3 N–H and O–H groups in total. The third kappa shape index (κ3) is 6.37. The van der Waals surface area contributed by atoms with Gasteiger partial charge >= 0.3 is 0 Å². The Morgan fingerprint density at radius 2 is 1.93 bits per heavy atom. The number of aromatic amines is 1. The summed E-state index contributed by atoms with van der Waals surface area (Å²) in [6.45, 7) is 4.70. The average molecular weight is 614 g/mol. The summed E-state index contributed by atoms with van der Waals surface area (Å²) >= 11 is 0. The number of aromatic nitrogens is 3. The van der Waals surface area contributed by atoms with Gasteiger partial charge in [-0.2, -0.15) is 0 Å². The quantitative estimate of drug-likeness (QED) is 0.259. The van der Waals surface area contributed by atoms with Gasteiger partial charge in [0, 0.05) is 56.2 Å². The Balaban J connectivity index is 1.44. The van der Waals surface area contributed by atoms with Crippen molar-refractivity contribution in [2.45, 2.75) is 23.9 Å². The van der Waals surface area contributed by atoms with Crippen LogP contribution in [0.1, 0.15) is 6.92 Å². The fraction of sp³-hybridized carbons (Fsp3) is 0.345. The molecule has 4 aromatic rings. The molecule has 43 heavy (non-hydrogen) atoms. The number of likely N-dealkylation sites (N-methyl/N-ethyl adjacent to an activating group) is 1. The van der Waals surface area contributed by atoms with Crippen LogP contribution in [0.2, 0.25) is 0 Å². The molecule has 11 nitrogen and oxygen atoms in total. The van der Waals surface area contributed by atoms with Crippen LogP contribution in [0.3, 0.4) is 0 Å². The van der Waals surface area contributed by atoms with E-state index in [4.69, 9.17) is 4.74 Å². The predicted octanol–water partition coefficient (Wildman–Crippen LogP) is 3.64.